The van der Waals surface area contributed by atoms with Crippen LogP contribution in [-0.2, 0) is 21.2 Å². The summed E-state index contributed by atoms with van der Waals surface area (Å²) >= 11 is 0. The number of nitrogens with one attached hydrogen (secondary N) is 1. The number of rotatable bonds is 9. The molecule has 1 aliphatic rings. The summed E-state index contributed by atoms with van der Waals surface area (Å²) in [6.07, 6.45) is 4.31. The van der Waals surface area contributed by atoms with E-state index < -0.39 is 10.0 Å². The summed E-state index contributed by atoms with van der Waals surface area (Å²) in [4.78, 5) is 12.9. The molecule has 0 saturated carbocycles. The molecule has 1 aliphatic heterocycles. The number of ether oxygens (including phenoxy) is 1. The molecule has 1 fully saturated rings. The third-order valence-corrected chi connectivity index (χ3v) is 7.67. The fourth-order valence-electron chi connectivity index (χ4n) is 3.99. The van der Waals surface area contributed by atoms with Gasteiger partial charge in [0.25, 0.3) is 0 Å². The first-order valence-corrected chi connectivity index (χ1v) is 12.4. The number of amides is 1. The Balaban J connectivity index is 1.70. The largest absolute Gasteiger partial charge is 0.496 e. The van der Waals surface area contributed by atoms with Gasteiger partial charge in [0, 0.05) is 19.5 Å². The van der Waals surface area contributed by atoms with Gasteiger partial charge in [0.2, 0.25) is 15.9 Å². The zero-order chi connectivity index (χ0) is 22.3. The fourth-order valence-corrected chi connectivity index (χ4v) is 5.55. The highest BCUT2D eigenvalue weighted by molar-refractivity contribution is 7.89. The quantitative estimate of drug-likeness (QED) is 0.633. The second-order valence-electron chi connectivity index (χ2n) is 7.88. The van der Waals surface area contributed by atoms with Crippen molar-refractivity contribution < 1.29 is 17.9 Å². The van der Waals surface area contributed by atoms with Gasteiger partial charge in [-0.05, 0) is 55.0 Å². The maximum absolute atomic E-state index is 13.0. The first-order valence-electron chi connectivity index (χ1n) is 11.0. The highest BCUT2D eigenvalue weighted by atomic mass is 32.2. The summed E-state index contributed by atoms with van der Waals surface area (Å²) in [6, 6.07) is 14.8. The monoisotopic (exact) mass is 444 g/mol. The van der Waals surface area contributed by atoms with Crippen LogP contribution in [0.15, 0.2) is 53.4 Å². The van der Waals surface area contributed by atoms with E-state index in [1.807, 2.05) is 37.3 Å². The van der Waals surface area contributed by atoms with E-state index in [0.717, 1.165) is 36.8 Å². The first kappa shape index (κ1) is 23.3. The Morgan fingerprint density at radius 1 is 1.10 bits per heavy atom. The second-order valence-corrected chi connectivity index (χ2v) is 9.82. The van der Waals surface area contributed by atoms with Crippen LogP contribution in [0.5, 0.6) is 5.75 Å². The molecule has 1 atom stereocenters. The number of hydrogen-bond donors (Lipinski definition) is 1. The molecule has 2 aromatic carbocycles. The number of methoxy groups -OCH3 is 1. The summed E-state index contributed by atoms with van der Waals surface area (Å²) in [6.45, 7) is 3.16. The van der Waals surface area contributed by atoms with E-state index in [2.05, 4.69) is 5.32 Å². The van der Waals surface area contributed by atoms with Crippen molar-refractivity contribution in [2.24, 2.45) is 0 Å². The van der Waals surface area contributed by atoms with Crippen LogP contribution in [0.25, 0.3) is 0 Å². The predicted octanol–water partition coefficient (Wildman–Crippen LogP) is 4.07. The molecular weight excluding hydrogens is 412 g/mol. The SMILES string of the molecule is CCC(NC(=O)CCc1cc(S(=O)(=O)N2CCCCC2)ccc1OC)c1ccccc1. The third-order valence-electron chi connectivity index (χ3n) is 5.77. The molecule has 1 heterocycles. The highest BCUT2D eigenvalue weighted by Crippen LogP contribution is 2.27. The Hall–Kier alpha value is -2.38. The Bertz CT molecular complexity index is 970. The summed E-state index contributed by atoms with van der Waals surface area (Å²) in [5, 5.41) is 3.08. The maximum Gasteiger partial charge on any atom is 0.243 e. The molecule has 0 spiro atoms. The lowest BCUT2D eigenvalue weighted by Crippen LogP contribution is -2.35. The predicted molar refractivity (Wildman–Crippen MR) is 122 cm³/mol. The van der Waals surface area contributed by atoms with Crippen molar-refractivity contribution in [2.75, 3.05) is 20.2 Å². The second kappa shape index (κ2) is 10.8. The molecule has 1 amide bonds. The molecule has 168 valence electrons. The minimum atomic E-state index is -3.53. The van der Waals surface area contributed by atoms with Crippen molar-refractivity contribution in [3.63, 3.8) is 0 Å². The zero-order valence-corrected chi connectivity index (χ0v) is 19.2. The van der Waals surface area contributed by atoms with Crippen LogP contribution in [0, 0.1) is 0 Å². The molecule has 1 saturated heterocycles. The van der Waals surface area contributed by atoms with Crippen LogP contribution in [-0.4, -0.2) is 38.8 Å². The molecule has 1 unspecified atom stereocenters. The molecule has 0 radical (unpaired) electrons. The molecule has 0 aromatic heterocycles. The van der Waals surface area contributed by atoms with Gasteiger partial charge in [0.05, 0.1) is 18.0 Å². The van der Waals surface area contributed by atoms with Crippen LogP contribution in [0.1, 0.15) is 56.2 Å². The number of piperidine rings is 1. The summed E-state index contributed by atoms with van der Waals surface area (Å²) in [7, 11) is -1.97. The zero-order valence-electron chi connectivity index (χ0n) is 18.3. The van der Waals surface area contributed by atoms with Gasteiger partial charge in [-0.2, -0.15) is 4.31 Å². The summed E-state index contributed by atoms with van der Waals surface area (Å²) < 4.78 is 33.0. The molecule has 2 aromatic rings. The molecule has 0 bridgehead atoms. The molecule has 6 nitrogen and oxygen atoms in total. The summed E-state index contributed by atoms with van der Waals surface area (Å²) in [5.74, 6) is 0.530. The van der Waals surface area contributed by atoms with Crippen LogP contribution in [0.2, 0.25) is 0 Å². The Morgan fingerprint density at radius 3 is 2.45 bits per heavy atom. The summed E-state index contributed by atoms with van der Waals surface area (Å²) in [5.41, 5.74) is 1.80. The van der Waals surface area contributed by atoms with Crippen molar-refractivity contribution in [3.05, 3.63) is 59.7 Å². The van der Waals surface area contributed by atoms with Gasteiger partial charge in [-0.25, -0.2) is 8.42 Å². The van der Waals surface area contributed by atoms with Gasteiger partial charge < -0.3 is 10.1 Å². The van der Waals surface area contributed by atoms with E-state index in [9.17, 15) is 13.2 Å². The smallest absolute Gasteiger partial charge is 0.243 e. The minimum Gasteiger partial charge on any atom is -0.496 e. The number of benzene rings is 2. The van der Waals surface area contributed by atoms with Gasteiger partial charge in [0.1, 0.15) is 5.75 Å². The van der Waals surface area contributed by atoms with Crippen LogP contribution >= 0.6 is 0 Å². The third kappa shape index (κ3) is 5.86. The van der Waals surface area contributed by atoms with Crippen LogP contribution in [0.3, 0.4) is 0 Å². The Kier molecular flexibility index (Phi) is 8.09. The number of hydrogen-bond acceptors (Lipinski definition) is 4. The molecule has 7 heteroatoms. The van der Waals surface area contributed by atoms with E-state index in [4.69, 9.17) is 4.74 Å². The van der Waals surface area contributed by atoms with Crippen molar-refractivity contribution in [1.29, 1.82) is 0 Å². The minimum absolute atomic E-state index is 0.0404. The van der Waals surface area contributed by atoms with Crippen molar-refractivity contribution in [3.8, 4) is 5.75 Å². The molecular formula is C24H32N2O4S. The van der Waals surface area contributed by atoms with Gasteiger partial charge >= 0.3 is 0 Å². The van der Waals surface area contributed by atoms with Gasteiger partial charge in [0.15, 0.2) is 0 Å². The fraction of sp³-hybridized carbons (Fsp3) is 0.458. The van der Waals surface area contributed by atoms with Crippen LogP contribution < -0.4 is 10.1 Å². The van der Waals surface area contributed by atoms with Crippen molar-refractivity contribution in [1.82, 2.24) is 9.62 Å². The lowest BCUT2D eigenvalue weighted by Gasteiger charge is -2.26. The van der Waals surface area contributed by atoms with E-state index in [1.54, 1.807) is 29.6 Å². The Labute approximate surface area is 185 Å². The molecule has 31 heavy (non-hydrogen) atoms. The van der Waals surface area contributed by atoms with Gasteiger partial charge in [-0.15, -0.1) is 0 Å². The molecule has 3 rings (SSSR count). The maximum atomic E-state index is 13.0. The number of nitrogens with zero attached hydrogens (tertiary/aromatic N) is 1. The van der Waals surface area contributed by atoms with E-state index >= 15 is 0 Å². The van der Waals surface area contributed by atoms with E-state index in [0.29, 0.717) is 25.3 Å². The average Bonchev–Trinajstić information content (AvgIpc) is 2.82. The topological polar surface area (TPSA) is 75.7 Å². The lowest BCUT2D eigenvalue weighted by molar-refractivity contribution is -0.121. The number of aryl methyl sites for hydroxylation is 1. The standard InChI is InChI=1S/C24H32N2O4S/c1-3-22(19-10-6-4-7-11-19)25-24(27)15-12-20-18-21(13-14-23(20)30-2)31(28,29)26-16-8-5-9-17-26/h4,6-7,10-11,13-14,18,22H,3,5,8-9,12,15-17H2,1-2H3,(H,25,27). The van der Waals surface area contributed by atoms with E-state index in [1.165, 1.54) is 0 Å². The van der Waals surface area contributed by atoms with Crippen molar-refractivity contribution in [2.45, 2.75) is 56.4 Å². The lowest BCUT2D eigenvalue weighted by atomic mass is 10.0. The van der Waals surface area contributed by atoms with Gasteiger partial charge in [-0.3, -0.25) is 4.79 Å². The van der Waals surface area contributed by atoms with Crippen molar-refractivity contribution >= 4 is 15.9 Å². The molecule has 1 N–H and O–H groups in total. The van der Waals surface area contributed by atoms with Gasteiger partial charge in [-0.1, -0.05) is 43.7 Å². The van der Waals surface area contributed by atoms with E-state index in [-0.39, 0.29) is 23.3 Å². The highest BCUT2D eigenvalue weighted by Gasteiger charge is 2.26. The van der Waals surface area contributed by atoms with Crippen LogP contribution in [0.4, 0.5) is 0 Å². The normalized spacial score (nSPS) is 15.9. The number of carbonyl (C=O) groups is 1. The Morgan fingerprint density at radius 2 is 1.81 bits per heavy atom. The average molecular weight is 445 g/mol. The first-order chi connectivity index (χ1) is 15.0. The molecule has 0 aliphatic carbocycles. The number of carbonyl (C=O) groups excluding carboxylic acids is 1. The number of sulfonamides is 1.